The van der Waals surface area contributed by atoms with Crippen LogP contribution in [0.2, 0.25) is 0 Å². The van der Waals surface area contributed by atoms with Gasteiger partial charge in [0.2, 0.25) is 6.10 Å². The number of anilines is 1. The number of rotatable bonds is 1. The molecular formula is C23H32N2O7. The van der Waals surface area contributed by atoms with E-state index in [4.69, 9.17) is 14.2 Å². The van der Waals surface area contributed by atoms with Crippen LogP contribution in [0.1, 0.15) is 54.4 Å². The molecule has 2 heterocycles. The lowest BCUT2D eigenvalue weighted by molar-refractivity contribution is -0.146. The van der Waals surface area contributed by atoms with Gasteiger partial charge in [0.05, 0.1) is 5.69 Å². The average molecular weight is 449 g/mol. The lowest BCUT2D eigenvalue weighted by atomic mass is 9.84. The van der Waals surface area contributed by atoms with Crippen LogP contribution >= 0.6 is 0 Å². The van der Waals surface area contributed by atoms with E-state index in [9.17, 15) is 19.5 Å². The summed E-state index contributed by atoms with van der Waals surface area (Å²) >= 11 is 0. The molecule has 1 N–H and O–H groups in total. The Morgan fingerprint density at radius 3 is 2.09 bits per heavy atom. The molecule has 0 saturated carbocycles. The van der Waals surface area contributed by atoms with Crippen molar-refractivity contribution in [2.45, 2.75) is 77.3 Å². The number of amides is 3. The number of fused-ring (bicyclic) bond motifs is 1. The second-order valence-corrected chi connectivity index (χ2v) is 10.2. The fourth-order valence-corrected chi connectivity index (χ4v) is 3.66. The van der Waals surface area contributed by atoms with Crippen molar-refractivity contribution >= 4 is 23.8 Å². The fourth-order valence-electron chi connectivity index (χ4n) is 3.66. The quantitative estimate of drug-likeness (QED) is 0.701. The minimum Gasteiger partial charge on any atom is -0.475 e. The van der Waals surface area contributed by atoms with Crippen molar-refractivity contribution in [2.24, 2.45) is 0 Å². The maximum Gasteiger partial charge on any atom is 0.421 e. The van der Waals surface area contributed by atoms with Gasteiger partial charge in [-0.3, -0.25) is 4.79 Å². The minimum atomic E-state index is -1.57. The summed E-state index contributed by atoms with van der Waals surface area (Å²) in [5.74, 6) is -0.405. The zero-order valence-electron chi connectivity index (χ0n) is 19.5. The minimum absolute atomic E-state index is 0.0903. The second-order valence-electron chi connectivity index (χ2n) is 10.2. The zero-order valence-corrected chi connectivity index (χ0v) is 19.5. The number of piperidine rings is 1. The number of ether oxygens (including phenoxy) is 3. The third-order valence-electron chi connectivity index (χ3n) is 5.14. The van der Waals surface area contributed by atoms with Crippen LogP contribution in [0, 0.1) is 0 Å². The smallest absolute Gasteiger partial charge is 0.421 e. The molecule has 0 radical (unpaired) electrons. The number of carbonyl (C=O) groups excluding carboxylic acids is 3. The Hall–Kier alpha value is -2.81. The Bertz CT molecular complexity index is 892. The van der Waals surface area contributed by atoms with E-state index in [1.54, 1.807) is 65.8 Å². The first kappa shape index (κ1) is 23.8. The molecule has 1 atom stereocenters. The molecule has 2 aliphatic rings. The van der Waals surface area contributed by atoms with Gasteiger partial charge in [-0.1, -0.05) is 12.1 Å². The Balaban J connectivity index is 1.82. The third-order valence-corrected chi connectivity index (χ3v) is 5.14. The van der Waals surface area contributed by atoms with Crippen LogP contribution in [-0.4, -0.2) is 64.1 Å². The predicted molar refractivity (Wildman–Crippen MR) is 117 cm³/mol. The molecule has 1 fully saturated rings. The Morgan fingerprint density at radius 2 is 1.53 bits per heavy atom. The first-order chi connectivity index (χ1) is 14.7. The van der Waals surface area contributed by atoms with E-state index in [0.29, 0.717) is 5.75 Å². The van der Waals surface area contributed by atoms with Crippen LogP contribution in [-0.2, 0) is 14.3 Å². The second kappa shape index (κ2) is 8.27. The summed E-state index contributed by atoms with van der Waals surface area (Å²) in [7, 11) is 0. The molecule has 0 aromatic heterocycles. The summed E-state index contributed by atoms with van der Waals surface area (Å²) in [5, 5.41) is 11.4. The van der Waals surface area contributed by atoms with Gasteiger partial charge in [0.25, 0.3) is 5.91 Å². The van der Waals surface area contributed by atoms with Crippen LogP contribution < -0.4 is 9.64 Å². The molecule has 9 heteroatoms. The molecule has 1 unspecified atom stereocenters. The highest BCUT2D eigenvalue weighted by molar-refractivity contribution is 6.16. The number of likely N-dealkylation sites (tertiary alicyclic amines) is 1. The third kappa shape index (κ3) is 5.15. The van der Waals surface area contributed by atoms with Gasteiger partial charge in [0, 0.05) is 13.1 Å². The molecule has 176 valence electrons. The average Bonchev–Trinajstić information content (AvgIpc) is 2.65. The number of para-hydroxylation sites is 2. The van der Waals surface area contributed by atoms with Crippen LogP contribution in [0.4, 0.5) is 15.3 Å². The summed E-state index contributed by atoms with van der Waals surface area (Å²) in [4.78, 5) is 41.0. The van der Waals surface area contributed by atoms with Gasteiger partial charge in [-0.2, -0.15) is 0 Å². The first-order valence-electron chi connectivity index (χ1n) is 10.7. The van der Waals surface area contributed by atoms with Gasteiger partial charge in [-0.25, -0.2) is 14.5 Å². The highest BCUT2D eigenvalue weighted by atomic mass is 16.6. The van der Waals surface area contributed by atoms with Crippen LogP contribution in [0.15, 0.2) is 24.3 Å². The topological polar surface area (TPSA) is 106 Å². The van der Waals surface area contributed by atoms with Gasteiger partial charge < -0.3 is 24.2 Å². The summed E-state index contributed by atoms with van der Waals surface area (Å²) in [6.07, 6.45) is -2.44. The molecule has 0 aliphatic carbocycles. The predicted octanol–water partition coefficient (Wildman–Crippen LogP) is 3.48. The Kier molecular flexibility index (Phi) is 6.16. The molecule has 1 aromatic rings. The van der Waals surface area contributed by atoms with Crippen LogP contribution in [0.25, 0.3) is 0 Å². The Morgan fingerprint density at radius 1 is 1.00 bits per heavy atom. The van der Waals surface area contributed by atoms with Crippen molar-refractivity contribution in [3.63, 3.8) is 0 Å². The zero-order chi connectivity index (χ0) is 23.9. The summed E-state index contributed by atoms with van der Waals surface area (Å²) in [6.45, 7) is 10.8. The fraction of sp³-hybridized carbons (Fsp3) is 0.609. The van der Waals surface area contributed by atoms with Crippen molar-refractivity contribution < 1.29 is 33.7 Å². The number of hydrogen-bond donors (Lipinski definition) is 1. The van der Waals surface area contributed by atoms with Crippen LogP contribution in [0.3, 0.4) is 0 Å². The molecule has 32 heavy (non-hydrogen) atoms. The number of carbonyl (C=O) groups is 3. The number of hydrogen-bond acceptors (Lipinski definition) is 7. The summed E-state index contributed by atoms with van der Waals surface area (Å²) < 4.78 is 16.7. The molecule has 1 saturated heterocycles. The van der Waals surface area contributed by atoms with E-state index in [1.165, 1.54) is 4.90 Å². The van der Waals surface area contributed by atoms with Gasteiger partial charge in [-0.15, -0.1) is 0 Å². The molecule has 3 rings (SSSR count). The number of benzene rings is 1. The van der Waals surface area contributed by atoms with Gasteiger partial charge in [-0.05, 0) is 66.5 Å². The monoisotopic (exact) mass is 448 g/mol. The first-order valence-corrected chi connectivity index (χ1v) is 10.7. The lowest BCUT2D eigenvalue weighted by Gasteiger charge is -2.44. The lowest BCUT2D eigenvalue weighted by Crippen LogP contribution is -2.63. The van der Waals surface area contributed by atoms with Crippen molar-refractivity contribution in [2.75, 3.05) is 18.0 Å². The largest absolute Gasteiger partial charge is 0.475 e. The number of aliphatic hydroxyl groups is 1. The molecular weight excluding hydrogens is 416 g/mol. The molecule has 1 aromatic carbocycles. The molecule has 2 aliphatic heterocycles. The number of imide groups is 1. The maximum absolute atomic E-state index is 13.4. The molecule has 0 spiro atoms. The highest BCUT2D eigenvalue weighted by Crippen LogP contribution is 2.40. The van der Waals surface area contributed by atoms with Gasteiger partial charge in [0.1, 0.15) is 22.6 Å². The van der Waals surface area contributed by atoms with Crippen molar-refractivity contribution in [3.05, 3.63) is 24.3 Å². The molecule has 0 bridgehead atoms. The van der Waals surface area contributed by atoms with Crippen molar-refractivity contribution in [3.8, 4) is 5.75 Å². The summed E-state index contributed by atoms with van der Waals surface area (Å²) in [5.41, 5.74) is -2.75. The van der Waals surface area contributed by atoms with E-state index >= 15 is 0 Å². The van der Waals surface area contributed by atoms with Gasteiger partial charge in [0.15, 0.2) is 0 Å². The van der Waals surface area contributed by atoms with E-state index in [0.717, 1.165) is 4.90 Å². The number of nitrogens with zero attached hydrogens (tertiary/aromatic N) is 2. The summed E-state index contributed by atoms with van der Waals surface area (Å²) in [6, 6.07) is 6.61. The van der Waals surface area contributed by atoms with E-state index in [-0.39, 0.29) is 31.6 Å². The highest BCUT2D eigenvalue weighted by Gasteiger charge is 2.52. The normalized spacial score (nSPS) is 20.8. The van der Waals surface area contributed by atoms with E-state index < -0.39 is 41.0 Å². The van der Waals surface area contributed by atoms with Crippen LogP contribution in [0.5, 0.6) is 5.75 Å². The SMILES string of the molecule is CC(C)(C)OC(=O)N1CCC(O)(C2Oc3ccccc3N(C(=O)OC(C)(C)C)C2=O)CC1. The molecule has 9 nitrogen and oxygen atoms in total. The van der Waals surface area contributed by atoms with E-state index in [2.05, 4.69) is 0 Å². The van der Waals surface area contributed by atoms with E-state index in [1.807, 2.05) is 0 Å². The maximum atomic E-state index is 13.4. The van der Waals surface area contributed by atoms with Crippen molar-refractivity contribution in [1.29, 1.82) is 0 Å². The van der Waals surface area contributed by atoms with Gasteiger partial charge >= 0.3 is 12.2 Å². The van der Waals surface area contributed by atoms with Crippen molar-refractivity contribution in [1.82, 2.24) is 4.90 Å². The standard InChI is InChI=1S/C23H32N2O7/c1-21(2,3)31-19(27)24-13-11-23(29,12-14-24)17-18(26)25(20(28)32-22(4,5)6)15-9-7-8-10-16(15)30-17/h7-10,17,29H,11-14H2,1-6H3. The molecule has 3 amide bonds. The Labute approximate surface area is 188 Å².